The van der Waals surface area contributed by atoms with Crippen molar-refractivity contribution in [3.05, 3.63) is 29.8 Å². The first-order valence-corrected chi connectivity index (χ1v) is 8.97. The maximum absolute atomic E-state index is 11.7. The molecule has 138 valence electrons. The van der Waals surface area contributed by atoms with Crippen LogP contribution in [0.15, 0.2) is 34.2 Å². The number of halogens is 1. The molecule has 0 aliphatic heterocycles. The van der Waals surface area contributed by atoms with Gasteiger partial charge in [-0.3, -0.25) is 0 Å². The van der Waals surface area contributed by atoms with E-state index in [1.807, 2.05) is 13.8 Å². The van der Waals surface area contributed by atoms with Crippen molar-refractivity contribution in [3.63, 3.8) is 0 Å². The van der Waals surface area contributed by atoms with Crippen molar-refractivity contribution in [1.82, 2.24) is 15.4 Å². The van der Waals surface area contributed by atoms with Crippen LogP contribution in [0.5, 0.6) is 0 Å². The number of hydrogen-bond acceptors (Lipinski definition) is 4. The lowest BCUT2D eigenvalue weighted by Crippen LogP contribution is -2.43. The van der Waals surface area contributed by atoms with Crippen LogP contribution >= 0.6 is 24.0 Å². The fraction of sp³-hybridized carbons (Fsp3) is 0.533. The molecule has 3 N–H and O–H groups in total. The Kier molecular flexibility index (Phi) is 11.2. The third-order valence-electron chi connectivity index (χ3n) is 3.07. The average Bonchev–Trinajstić information content (AvgIpc) is 2.53. The third-order valence-corrected chi connectivity index (χ3v) is 4.50. The van der Waals surface area contributed by atoms with E-state index in [4.69, 9.17) is 4.74 Å². The van der Waals surface area contributed by atoms with E-state index in [0.717, 1.165) is 12.1 Å². The van der Waals surface area contributed by atoms with Gasteiger partial charge >= 0.3 is 0 Å². The molecule has 0 saturated heterocycles. The van der Waals surface area contributed by atoms with Crippen LogP contribution in [0.25, 0.3) is 0 Å². The van der Waals surface area contributed by atoms with Crippen LogP contribution in [0.4, 0.5) is 0 Å². The summed E-state index contributed by atoms with van der Waals surface area (Å²) in [5.41, 5.74) is 0.927. The van der Waals surface area contributed by atoms with E-state index in [9.17, 15) is 8.42 Å². The molecular weight excluding hydrogens is 443 g/mol. The smallest absolute Gasteiger partial charge is 0.240 e. The maximum Gasteiger partial charge on any atom is 0.240 e. The van der Waals surface area contributed by atoms with E-state index in [2.05, 4.69) is 20.3 Å². The Morgan fingerprint density at radius 3 is 2.42 bits per heavy atom. The molecule has 0 bridgehead atoms. The molecule has 0 aromatic heterocycles. The summed E-state index contributed by atoms with van der Waals surface area (Å²) in [5, 5.41) is 6.41. The molecule has 0 saturated carbocycles. The molecule has 7 nitrogen and oxygen atoms in total. The molecule has 0 radical (unpaired) electrons. The number of methoxy groups -OCH3 is 1. The number of sulfonamides is 1. The first kappa shape index (κ1) is 23.1. The van der Waals surface area contributed by atoms with Crippen molar-refractivity contribution in [2.75, 3.05) is 27.3 Å². The largest absolute Gasteiger partial charge is 0.383 e. The normalized spacial score (nSPS) is 13.1. The van der Waals surface area contributed by atoms with E-state index >= 15 is 0 Å². The highest BCUT2D eigenvalue weighted by Gasteiger charge is 2.10. The van der Waals surface area contributed by atoms with E-state index in [1.54, 1.807) is 31.4 Å². The molecule has 1 atom stereocenters. The number of guanidine groups is 1. The SMILES string of the molecule is CCNC(=NCc1ccc(S(=O)(=O)NC)cc1)NC(C)COC.I. The number of nitrogens with zero attached hydrogens (tertiary/aromatic N) is 1. The van der Waals surface area contributed by atoms with Gasteiger partial charge in [-0.2, -0.15) is 0 Å². The summed E-state index contributed by atoms with van der Waals surface area (Å²) >= 11 is 0. The highest BCUT2D eigenvalue weighted by atomic mass is 127. The maximum atomic E-state index is 11.7. The van der Waals surface area contributed by atoms with Crippen LogP contribution < -0.4 is 15.4 Å². The van der Waals surface area contributed by atoms with Gasteiger partial charge in [0.2, 0.25) is 10.0 Å². The van der Waals surface area contributed by atoms with E-state index < -0.39 is 10.0 Å². The molecular formula is C15H27IN4O3S. The summed E-state index contributed by atoms with van der Waals surface area (Å²) in [5.74, 6) is 0.698. The monoisotopic (exact) mass is 470 g/mol. The second-order valence-corrected chi connectivity index (χ2v) is 6.93. The van der Waals surface area contributed by atoms with Gasteiger partial charge < -0.3 is 15.4 Å². The van der Waals surface area contributed by atoms with Crippen molar-refractivity contribution >= 4 is 40.0 Å². The number of nitrogens with one attached hydrogen (secondary N) is 3. The number of rotatable bonds is 8. The number of aliphatic imine (C=N–C) groups is 1. The fourth-order valence-corrected chi connectivity index (χ4v) is 2.64. The predicted molar refractivity (Wildman–Crippen MR) is 107 cm³/mol. The highest BCUT2D eigenvalue weighted by Crippen LogP contribution is 2.10. The van der Waals surface area contributed by atoms with Crippen molar-refractivity contribution < 1.29 is 13.2 Å². The summed E-state index contributed by atoms with van der Waals surface area (Å²) in [6, 6.07) is 6.81. The number of benzene rings is 1. The first-order chi connectivity index (χ1) is 10.9. The minimum Gasteiger partial charge on any atom is -0.383 e. The zero-order chi connectivity index (χ0) is 17.3. The van der Waals surface area contributed by atoms with Gasteiger partial charge in [-0.05, 0) is 38.6 Å². The molecule has 1 rings (SSSR count). The molecule has 1 aromatic rings. The summed E-state index contributed by atoms with van der Waals surface area (Å²) < 4.78 is 30.7. The Labute approximate surface area is 161 Å². The molecule has 0 fully saturated rings. The predicted octanol–water partition coefficient (Wildman–Crippen LogP) is 1.30. The zero-order valence-electron chi connectivity index (χ0n) is 14.5. The van der Waals surface area contributed by atoms with Crippen molar-refractivity contribution in [2.24, 2.45) is 4.99 Å². The summed E-state index contributed by atoms with van der Waals surface area (Å²) in [4.78, 5) is 4.73. The van der Waals surface area contributed by atoms with Gasteiger partial charge in [0.25, 0.3) is 0 Å². The van der Waals surface area contributed by atoms with Crippen LogP contribution in [0.3, 0.4) is 0 Å². The van der Waals surface area contributed by atoms with E-state index in [1.165, 1.54) is 7.05 Å². The quantitative estimate of drug-likeness (QED) is 0.303. The van der Waals surface area contributed by atoms with Gasteiger partial charge in [0.15, 0.2) is 5.96 Å². The van der Waals surface area contributed by atoms with Crippen LogP contribution in [-0.4, -0.2) is 47.7 Å². The second kappa shape index (κ2) is 11.6. The summed E-state index contributed by atoms with van der Waals surface area (Å²) in [7, 11) is -0.354. The van der Waals surface area contributed by atoms with Crippen LogP contribution in [-0.2, 0) is 21.3 Å². The molecule has 0 aliphatic rings. The Morgan fingerprint density at radius 1 is 1.29 bits per heavy atom. The molecule has 0 heterocycles. The Morgan fingerprint density at radius 2 is 1.92 bits per heavy atom. The van der Waals surface area contributed by atoms with Gasteiger partial charge in [0.05, 0.1) is 18.0 Å². The van der Waals surface area contributed by atoms with Crippen molar-refractivity contribution in [3.8, 4) is 0 Å². The standard InChI is InChI=1S/C15H26N4O3S.HI/c1-5-17-15(19-12(2)11-22-4)18-10-13-6-8-14(9-7-13)23(20,21)16-3;/h6-9,12,16H,5,10-11H2,1-4H3,(H2,17,18,19);1H. The molecule has 9 heteroatoms. The molecule has 0 spiro atoms. The van der Waals surface area contributed by atoms with Crippen molar-refractivity contribution in [2.45, 2.75) is 31.3 Å². The minimum atomic E-state index is -3.40. The van der Waals surface area contributed by atoms with Gasteiger partial charge in [-0.25, -0.2) is 18.1 Å². The van der Waals surface area contributed by atoms with Crippen LogP contribution in [0.1, 0.15) is 19.4 Å². The lowest BCUT2D eigenvalue weighted by Gasteiger charge is -2.17. The van der Waals surface area contributed by atoms with Crippen molar-refractivity contribution in [1.29, 1.82) is 0 Å². The van der Waals surface area contributed by atoms with E-state index in [-0.39, 0.29) is 34.9 Å². The fourth-order valence-electron chi connectivity index (χ4n) is 1.91. The van der Waals surface area contributed by atoms with Crippen LogP contribution in [0.2, 0.25) is 0 Å². The number of hydrogen-bond donors (Lipinski definition) is 3. The zero-order valence-corrected chi connectivity index (χ0v) is 17.6. The third kappa shape index (κ3) is 7.77. The van der Waals surface area contributed by atoms with Crippen LogP contribution in [0, 0.1) is 0 Å². The topological polar surface area (TPSA) is 91.8 Å². The Hall–Kier alpha value is -0.910. The lowest BCUT2D eigenvalue weighted by molar-refractivity contribution is 0.179. The Bertz CT molecular complexity index is 606. The van der Waals surface area contributed by atoms with E-state index in [0.29, 0.717) is 19.1 Å². The second-order valence-electron chi connectivity index (χ2n) is 5.05. The molecule has 0 amide bonds. The number of ether oxygens (including phenoxy) is 1. The Balaban J connectivity index is 0.00000529. The molecule has 0 aliphatic carbocycles. The highest BCUT2D eigenvalue weighted by molar-refractivity contribution is 14.0. The summed E-state index contributed by atoms with van der Waals surface area (Å²) in [6.07, 6.45) is 0. The average molecular weight is 470 g/mol. The van der Waals surface area contributed by atoms with Gasteiger partial charge in [0.1, 0.15) is 0 Å². The minimum absolute atomic E-state index is 0. The van der Waals surface area contributed by atoms with Gasteiger partial charge in [0, 0.05) is 19.7 Å². The van der Waals surface area contributed by atoms with Gasteiger partial charge in [-0.1, -0.05) is 12.1 Å². The van der Waals surface area contributed by atoms with Gasteiger partial charge in [-0.15, -0.1) is 24.0 Å². The first-order valence-electron chi connectivity index (χ1n) is 7.49. The molecule has 24 heavy (non-hydrogen) atoms. The summed E-state index contributed by atoms with van der Waals surface area (Å²) in [6.45, 7) is 5.80. The molecule has 1 unspecified atom stereocenters. The lowest BCUT2D eigenvalue weighted by atomic mass is 10.2. The molecule has 1 aromatic carbocycles.